The zero-order valence-electron chi connectivity index (χ0n) is 10.2. The quantitative estimate of drug-likeness (QED) is 0.511. The van der Waals surface area contributed by atoms with Crippen LogP contribution in [0.4, 0.5) is 0 Å². The van der Waals surface area contributed by atoms with Gasteiger partial charge in [0.1, 0.15) is 0 Å². The molecule has 3 aromatic rings. The molecule has 0 amide bonds. The van der Waals surface area contributed by atoms with E-state index >= 15 is 0 Å². The van der Waals surface area contributed by atoms with Crippen LogP contribution in [0.15, 0.2) is 40.9 Å². The Balaban J connectivity index is 2.28. The second-order valence-corrected chi connectivity index (χ2v) is 5.64. The van der Waals surface area contributed by atoms with Gasteiger partial charge in [-0.3, -0.25) is 0 Å². The van der Waals surface area contributed by atoms with Crippen molar-refractivity contribution in [1.82, 2.24) is 9.97 Å². The van der Waals surface area contributed by atoms with Gasteiger partial charge in [0.15, 0.2) is 5.16 Å². The predicted molar refractivity (Wildman–Crippen MR) is 79.4 cm³/mol. The van der Waals surface area contributed by atoms with Gasteiger partial charge in [-0.1, -0.05) is 42.1 Å². The van der Waals surface area contributed by atoms with Crippen molar-refractivity contribution >= 4 is 33.3 Å². The van der Waals surface area contributed by atoms with Crippen LogP contribution in [-0.4, -0.2) is 16.2 Å². The number of fused-ring (bicyclic) bond motifs is 1. The van der Waals surface area contributed by atoms with Crippen molar-refractivity contribution in [1.29, 1.82) is 0 Å². The second-order valence-electron chi connectivity index (χ2n) is 3.99. The summed E-state index contributed by atoms with van der Waals surface area (Å²) in [5, 5.41) is 3.02. The normalized spacial score (nSPS) is 11.0. The molecule has 0 aliphatic rings. The summed E-state index contributed by atoms with van der Waals surface area (Å²) in [7, 11) is 0. The average Bonchev–Trinajstić information content (AvgIpc) is 2.84. The van der Waals surface area contributed by atoms with Gasteiger partial charge in [0, 0.05) is 10.9 Å². The molecule has 0 atom stereocenters. The zero-order chi connectivity index (χ0) is 12.5. The Kier molecular flexibility index (Phi) is 3.06. The molecular weight excluding hydrogens is 260 g/mol. The van der Waals surface area contributed by atoms with Crippen molar-refractivity contribution < 1.29 is 0 Å². The van der Waals surface area contributed by atoms with Crippen molar-refractivity contribution in [3.8, 4) is 11.1 Å². The fourth-order valence-electron chi connectivity index (χ4n) is 1.95. The van der Waals surface area contributed by atoms with Gasteiger partial charge < -0.3 is 0 Å². The van der Waals surface area contributed by atoms with Crippen LogP contribution in [0.25, 0.3) is 21.3 Å². The summed E-state index contributed by atoms with van der Waals surface area (Å²) < 4.78 is 1.19. The summed E-state index contributed by atoms with van der Waals surface area (Å²) >= 11 is 3.31. The smallest absolute Gasteiger partial charge is 0.188 e. The van der Waals surface area contributed by atoms with Crippen LogP contribution < -0.4 is 0 Å². The average molecular weight is 272 g/mol. The van der Waals surface area contributed by atoms with E-state index in [-0.39, 0.29) is 0 Å². The molecule has 0 radical (unpaired) electrons. The lowest BCUT2D eigenvalue weighted by atomic mass is 10.1. The number of nitrogens with zero attached hydrogens (tertiary/aromatic N) is 2. The summed E-state index contributed by atoms with van der Waals surface area (Å²) in [6, 6.07) is 10.4. The van der Waals surface area contributed by atoms with Gasteiger partial charge in [-0.25, -0.2) is 9.97 Å². The van der Waals surface area contributed by atoms with Gasteiger partial charge in [0.2, 0.25) is 0 Å². The van der Waals surface area contributed by atoms with Gasteiger partial charge in [-0.2, -0.15) is 0 Å². The van der Waals surface area contributed by atoms with E-state index in [0.29, 0.717) is 0 Å². The second kappa shape index (κ2) is 4.71. The third-order valence-electron chi connectivity index (χ3n) is 2.83. The minimum Gasteiger partial charge on any atom is -0.226 e. The summed E-state index contributed by atoms with van der Waals surface area (Å²) in [6.07, 6.45) is 2.01. The van der Waals surface area contributed by atoms with Crippen LogP contribution >= 0.6 is 23.1 Å². The highest BCUT2D eigenvalue weighted by atomic mass is 32.2. The van der Waals surface area contributed by atoms with Crippen LogP contribution in [0.3, 0.4) is 0 Å². The number of rotatable bonds is 2. The molecule has 0 N–H and O–H groups in total. The Morgan fingerprint density at radius 1 is 1.11 bits per heavy atom. The first-order valence-electron chi connectivity index (χ1n) is 5.65. The van der Waals surface area contributed by atoms with E-state index in [4.69, 9.17) is 0 Å². The molecular formula is C14H12N2S2. The highest BCUT2D eigenvalue weighted by molar-refractivity contribution is 7.98. The maximum atomic E-state index is 4.65. The summed E-state index contributed by atoms with van der Waals surface area (Å²) in [6.45, 7) is 2.05. The standard InChI is InChI=1S/C14H12N2S2/c1-9-13-12(16-14(15-9)17-2)11(8-18-13)10-6-4-3-5-7-10/h3-8H,1-2H3. The van der Waals surface area contributed by atoms with E-state index in [2.05, 4.69) is 46.5 Å². The molecule has 90 valence electrons. The largest absolute Gasteiger partial charge is 0.226 e. The Morgan fingerprint density at radius 2 is 1.89 bits per heavy atom. The van der Waals surface area contributed by atoms with Gasteiger partial charge in [-0.05, 0) is 18.7 Å². The van der Waals surface area contributed by atoms with Crippen molar-refractivity contribution in [2.45, 2.75) is 12.1 Å². The fourth-order valence-corrected chi connectivity index (χ4v) is 3.33. The van der Waals surface area contributed by atoms with Gasteiger partial charge in [-0.15, -0.1) is 11.3 Å². The Hall–Kier alpha value is -1.39. The predicted octanol–water partition coefficient (Wildman–Crippen LogP) is 4.39. The molecule has 4 heteroatoms. The monoisotopic (exact) mass is 272 g/mol. The van der Waals surface area contributed by atoms with Crippen LogP contribution in [0.2, 0.25) is 0 Å². The number of hydrogen-bond donors (Lipinski definition) is 0. The van der Waals surface area contributed by atoms with E-state index < -0.39 is 0 Å². The molecule has 18 heavy (non-hydrogen) atoms. The van der Waals surface area contributed by atoms with Crippen LogP contribution in [0.5, 0.6) is 0 Å². The van der Waals surface area contributed by atoms with E-state index in [1.165, 1.54) is 15.8 Å². The van der Waals surface area contributed by atoms with Gasteiger partial charge in [0.25, 0.3) is 0 Å². The molecule has 0 spiro atoms. The first kappa shape index (κ1) is 11.7. The Bertz CT molecular complexity index is 690. The highest BCUT2D eigenvalue weighted by Gasteiger charge is 2.11. The molecule has 0 saturated heterocycles. The first-order chi connectivity index (χ1) is 8.79. The van der Waals surface area contributed by atoms with Crippen molar-refractivity contribution in [2.24, 2.45) is 0 Å². The number of thiophene rings is 1. The molecule has 3 rings (SSSR count). The number of thioether (sulfide) groups is 1. The minimum absolute atomic E-state index is 0.843. The van der Waals surface area contributed by atoms with Crippen LogP contribution in [0.1, 0.15) is 5.69 Å². The molecule has 1 aromatic carbocycles. The maximum absolute atomic E-state index is 4.65. The van der Waals surface area contributed by atoms with Crippen LogP contribution in [0, 0.1) is 6.92 Å². The van der Waals surface area contributed by atoms with E-state index in [9.17, 15) is 0 Å². The van der Waals surface area contributed by atoms with Gasteiger partial charge >= 0.3 is 0 Å². The van der Waals surface area contributed by atoms with E-state index in [1.54, 1.807) is 23.1 Å². The lowest BCUT2D eigenvalue weighted by Gasteiger charge is -2.02. The Labute approximate surface area is 114 Å². The Morgan fingerprint density at radius 3 is 2.61 bits per heavy atom. The minimum atomic E-state index is 0.843. The maximum Gasteiger partial charge on any atom is 0.188 e. The van der Waals surface area contributed by atoms with Crippen molar-refractivity contribution in [3.05, 3.63) is 41.4 Å². The summed E-state index contributed by atoms with van der Waals surface area (Å²) in [4.78, 5) is 9.14. The lowest BCUT2D eigenvalue weighted by molar-refractivity contribution is 0.976. The summed E-state index contributed by atoms with van der Waals surface area (Å²) in [5.74, 6) is 0. The molecule has 0 fully saturated rings. The van der Waals surface area contributed by atoms with Gasteiger partial charge in [0.05, 0.1) is 15.9 Å². The fraction of sp³-hybridized carbons (Fsp3) is 0.143. The lowest BCUT2D eigenvalue weighted by Crippen LogP contribution is -1.90. The van der Waals surface area contributed by atoms with E-state index in [1.807, 2.05) is 12.3 Å². The van der Waals surface area contributed by atoms with Crippen molar-refractivity contribution in [2.75, 3.05) is 6.26 Å². The third kappa shape index (κ3) is 1.91. The molecule has 0 saturated carbocycles. The molecule has 0 bridgehead atoms. The number of aryl methyl sites for hydroxylation is 1. The number of benzene rings is 1. The topological polar surface area (TPSA) is 25.8 Å². The molecule has 0 aliphatic carbocycles. The van der Waals surface area contributed by atoms with Crippen molar-refractivity contribution in [3.63, 3.8) is 0 Å². The highest BCUT2D eigenvalue weighted by Crippen LogP contribution is 2.34. The molecule has 0 aliphatic heterocycles. The summed E-state index contributed by atoms with van der Waals surface area (Å²) in [5.41, 5.74) is 4.56. The molecule has 2 aromatic heterocycles. The molecule has 0 unspecified atom stereocenters. The number of hydrogen-bond acceptors (Lipinski definition) is 4. The third-order valence-corrected chi connectivity index (χ3v) is 4.46. The van der Waals surface area contributed by atoms with Crippen LogP contribution in [-0.2, 0) is 0 Å². The molecule has 2 heterocycles. The number of aromatic nitrogens is 2. The SMILES string of the molecule is CSc1nc(C)c2scc(-c3ccccc3)c2n1. The first-order valence-corrected chi connectivity index (χ1v) is 7.75. The van der Waals surface area contributed by atoms with E-state index in [0.717, 1.165) is 16.4 Å². The zero-order valence-corrected chi connectivity index (χ0v) is 11.8. The molecule has 2 nitrogen and oxygen atoms in total.